The van der Waals surface area contributed by atoms with E-state index in [-0.39, 0.29) is 6.42 Å². The van der Waals surface area contributed by atoms with Crippen LogP contribution in [0.4, 0.5) is 0 Å². The van der Waals surface area contributed by atoms with Gasteiger partial charge in [0.1, 0.15) is 5.60 Å². The van der Waals surface area contributed by atoms with Gasteiger partial charge < -0.3 is 4.74 Å². The number of esters is 1. The Morgan fingerprint density at radius 2 is 2.00 bits per heavy atom. The summed E-state index contributed by atoms with van der Waals surface area (Å²) in [6.07, 6.45) is 0.0907. The molecule has 4 heteroatoms. The van der Waals surface area contributed by atoms with Crippen molar-refractivity contribution in [1.82, 2.24) is 0 Å². The third kappa shape index (κ3) is 2.12. The minimum atomic E-state index is -1.73. The van der Waals surface area contributed by atoms with Crippen LogP contribution < -0.4 is 0 Å². The zero-order chi connectivity index (χ0) is 14.3. The Balaban J connectivity index is 2.41. The molecule has 0 saturated carbocycles. The summed E-state index contributed by atoms with van der Waals surface area (Å²) in [6, 6.07) is 8.78. The van der Waals surface area contributed by atoms with Crippen molar-refractivity contribution in [3.05, 3.63) is 35.4 Å². The van der Waals surface area contributed by atoms with Crippen molar-refractivity contribution in [3.63, 3.8) is 0 Å². The van der Waals surface area contributed by atoms with Crippen molar-refractivity contribution in [2.45, 2.75) is 32.8 Å². The summed E-state index contributed by atoms with van der Waals surface area (Å²) in [6.45, 7) is 5.13. The minimum Gasteiger partial charge on any atom is -0.458 e. The van der Waals surface area contributed by atoms with Crippen molar-refractivity contribution < 1.29 is 14.3 Å². The van der Waals surface area contributed by atoms with Crippen molar-refractivity contribution >= 4 is 11.8 Å². The Bertz CT molecular complexity index is 592. The summed E-state index contributed by atoms with van der Waals surface area (Å²) >= 11 is 0. The fourth-order valence-electron chi connectivity index (χ4n) is 2.16. The summed E-state index contributed by atoms with van der Waals surface area (Å²) in [5.41, 5.74) is -1.29. The third-order valence-corrected chi connectivity index (χ3v) is 3.04. The molecule has 19 heavy (non-hydrogen) atoms. The number of hydrogen-bond donors (Lipinski definition) is 0. The Hall–Kier alpha value is -2.15. The zero-order valence-electron chi connectivity index (χ0n) is 11.2. The molecule has 1 aliphatic carbocycles. The van der Waals surface area contributed by atoms with Crippen LogP contribution in [0, 0.1) is 16.7 Å². The lowest BCUT2D eigenvalue weighted by Crippen LogP contribution is -2.41. The Morgan fingerprint density at radius 3 is 2.53 bits per heavy atom. The number of ether oxygens (including phenoxy) is 1. The quantitative estimate of drug-likeness (QED) is 0.571. The first kappa shape index (κ1) is 13.3. The first-order valence-corrected chi connectivity index (χ1v) is 6.07. The SMILES string of the molecule is CC(C)(C)OC(=O)C1(C#N)Cc2ccccc2C1=O. The third-order valence-electron chi connectivity index (χ3n) is 3.04. The molecule has 0 amide bonds. The largest absolute Gasteiger partial charge is 0.458 e. The molecule has 0 aliphatic heterocycles. The smallest absolute Gasteiger partial charge is 0.335 e. The Morgan fingerprint density at radius 1 is 1.37 bits per heavy atom. The highest BCUT2D eigenvalue weighted by molar-refractivity contribution is 6.18. The van der Waals surface area contributed by atoms with Crippen LogP contribution >= 0.6 is 0 Å². The summed E-state index contributed by atoms with van der Waals surface area (Å²) in [4.78, 5) is 24.6. The van der Waals surface area contributed by atoms with E-state index in [9.17, 15) is 14.9 Å². The summed E-state index contributed by atoms with van der Waals surface area (Å²) in [5.74, 6) is -1.22. The Labute approximate surface area is 112 Å². The lowest BCUT2D eigenvalue weighted by atomic mass is 9.85. The minimum absolute atomic E-state index is 0.0907. The van der Waals surface area contributed by atoms with Crippen LogP contribution in [-0.2, 0) is 16.0 Å². The van der Waals surface area contributed by atoms with Crippen LogP contribution in [0.5, 0.6) is 0 Å². The maximum Gasteiger partial charge on any atom is 0.335 e. The van der Waals surface area contributed by atoms with Crippen molar-refractivity contribution in [1.29, 1.82) is 5.26 Å². The second-order valence-corrected chi connectivity index (χ2v) is 5.68. The van der Waals surface area contributed by atoms with Gasteiger partial charge in [-0.3, -0.25) is 4.79 Å². The maximum absolute atomic E-state index is 12.4. The maximum atomic E-state index is 12.4. The number of rotatable bonds is 1. The first-order valence-electron chi connectivity index (χ1n) is 6.07. The molecule has 1 aromatic carbocycles. The number of ketones is 1. The highest BCUT2D eigenvalue weighted by atomic mass is 16.6. The van der Waals surface area contributed by atoms with Gasteiger partial charge in [-0.05, 0) is 26.3 Å². The van der Waals surface area contributed by atoms with Gasteiger partial charge in [-0.15, -0.1) is 0 Å². The van der Waals surface area contributed by atoms with Gasteiger partial charge >= 0.3 is 5.97 Å². The molecule has 1 aromatic rings. The molecule has 4 nitrogen and oxygen atoms in total. The van der Waals surface area contributed by atoms with E-state index >= 15 is 0 Å². The van der Waals surface area contributed by atoms with E-state index in [0.717, 1.165) is 5.56 Å². The second kappa shape index (κ2) is 4.20. The van der Waals surface area contributed by atoms with Crippen molar-refractivity contribution in [2.75, 3.05) is 0 Å². The molecule has 0 spiro atoms. The van der Waals surface area contributed by atoms with Gasteiger partial charge in [0.25, 0.3) is 0 Å². The lowest BCUT2D eigenvalue weighted by molar-refractivity contribution is -0.161. The molecule has 0 bridgehead atoms. The summed E-state index contributed by atoms with van der Waals surface area (Å²) in [7, 11) is 0. The van der Waals surface area contributed by atoms with Crippen LogP contribution in [0.2, 0.25) is 0 Å². The molecule has 0 aromatic heterocycles. The van der Waals surface area contributed by atoms with E-state index in [1.54, 1.807) is 45.0 Å². The Kier molecular flexibility index (Phi) is 2.94. The van der Waals surface area contributed by atoms with E-state index < -0.39 is 22.8 Å². The first-order chi connectivity index (χ1) is 8.80. The molecular weight excluding hydrogens is 242 g/mol. The van der Waals surface area contributed by atoms with E-state index in [0.29, 0.717) is 5.56 Å². The highest BCUT2D eigenvalue weighted by Crippen LogP contribution is 2.38. The highest BCUT2D eigenvalue weighted by Gasteiger charge is 2.54. The van der Waals surface area contributed by atoms with Gasteiger partial charge in [-0.1, -0.05) is 24.3 Å². The zero-order valence-corrected chi connectivity index (χ0v) is 11.2. The average Bonchev–Trinajstić information content (AvgIpc) is 2.62. The van der Waals surface area contributed by atoms with E-state index in [4.69, 9.17) is 4.74 Å². The van der Waals surface area contributed by atoms with Gasteiger partial charge in [0.2, 0.25) is 5.41 Å². The van der Waals surface area contributed by atoms with Crippen molar-refractivity contribution in [3.8, 4) is 6.07 Å². The molecule has 1 atom stereocenters. The van der Waals surface area contributed by atoms with Gasteiger partial charge in [-0.25, -0.2) is 4.79 Å². The van der Waals surface area contributed by atoms with Crippen LogP contribution in [0.25, 0.3) is 0 Å². The number of benzene rings is 1. The molecule has 0 heterocycles. The van der Waals surface area contributed by atoms with Gasteiger partial charge in [0.15, 0.2) is 5.78 Å². The molecule has 2 rings (SSSR count). The average molecular weight is 257 g/mol. The number of carbonyl (C=O) groups excluding carboxylic acids is 2. The number of nitriles is 1. The number of nitrogens with zero attached hydrogens (tertiary/aromatic N) is 1. The molecule has 1 aliphatic rings. The summed E-state index contributed by atoms with van der Waals surface area (Å²) < 4.78 is 5.24. The lowest BCUT2D eigenvalue weighted by Gasteiger charge is -2.25. The molecule has 0 fully saturated rings. The molecule has 1 unspecified atom stereocenters. The van der Waals surface area contributed by atoms with E-state index in [1.807, 2.05) is 6.07 Å². The molecule has 0 saturated heterocycles. The van der Waals surface area contributed by atoms with Crippen LogP contribution in [0.15, 0.2) is 24.3 Å². The van der Waals surface area contributed by atoms with Gasteiger partial charge in [0, 0.05) is 12.0 Å². The summed E-state index contributed by atoms with van der Waals surface area (Å²) in [5, 5.41) is 9.35. The van der Waals surface area contributed by atoms with E-state index in [1.165, 1.54) is 0 Å². The molecule has 0 radical (unpaired) electrons. The van der Waals surface area contributed by atoms with Gasteiger partial charge in [0.05, 0.1) is 6.07 Å². The second-order valence-electron chi connectivity index (χ2n) is 5.68. The predicted molar refractivity (Wildman–Crippen MR) is 68.4 cm³/mol. The molecule has 98 valence electrons. The standard InChI is InChI=1S/C15H15NO3/c1-14(2,3)19-13(18)15(9-16)8-10-6-4-5-7-11(10)12(15)17/h4-7H,8H2,1-3H3. The topological polar surface area (TPSA) is 67.2 Å². The molecular formula is C15H15NO3. The monoisotopic (exact) mass is 257 g/mol. The fourth-order valence-corrected chi connectivity index (χ4v) is 2.16. The van der Waals surface area contributed by atoms with Crippen LogP contribution in [0.3, 0.4) is 0 Å². The van der Waals surface area contributed by atoms with Gasteiger partial charge in [-0.2, -0.15) is 5.26 Å². The van der Waals surface area contributed by atoms with Crippen LogP contribution in [-0.4, -0.2) is 17.4 Å². The number of hydrogen-bond acceptors (Lipinski definition) is 4. The van der Waals surface area contributed by atoms with Crippen molar-refractivity contribution in [2.24, 2.45) is 5.41 Å². The normalized spacial score (nSPS) is 21.7. The predicted octanol–water partition coefficient (Wildman–Crippen LogP) is 2.28. The molecule has 0 N–H and O–H groups in total. The number of carbonyl (C=O) groups is 2. The van der Waals surface area contributed by atoms with Crippen LogP contribution in [0.1, 0.15) is 36.7 Å². The fraction of sp³-hybridized carbons (Fsp3) is 0.400. The number of Topliss-reactive ketones (excluding diaryl/α,β-unsaturated/α-hetero) is 1. The number of fused-ring (bicyclic) bond motifs is 1. The van der Waals surface area contributed by atoms with E-state index in [2.05, 4.69) is 0 Å².